The van der Waals surface area contributed by atoms with Gasteiger partial charge in [0.2, 0.25) is 10.0 Å². The lowest BCUT2D eigenvalue weighted by molar-refractivity contribution is 0.0218. The predicted octanol–water partition coefficient (Wildman–Crippen LogP) is 2.60. The average molecular weight is 428 g/mol. The van der Waals surface area contributed by atoms with E-state index in [-0.39, 0.29) is 10.8 Å². The molecule has 0 bridgehead atoms. The van der Waals surface area contributed by atoms with Crippen molar-refractivity contribution in [2.45, 2.75) is 37.8 Å². The van der Waals surface area contributed by atoms with Crippen molar-refractivity contribution in [3.63, 3.8) is 0 Å². The predicted molar refractivity (Wildman–Crippen MR) is 117 cm³/mol. The molecule has 0 atom stereocenters. The van der Waals surface area contributed by atoms with Gasteiger partial charge in [-0.15, -0.1) is 0 Å². The van der Waals surface area contributed by atoms with Crippen LogP contribution in [0.15, 0.2) is 53.4 Å². The Bertz CT molecular complexity index is 1010. The van der Waals surface area contributed by atoms with E-state index in [1.54, 1.807) is 24.3 Å². The molecular weight excluding hydrogens is 398 g/mol. The first-order chi connectivity index (χ1) is 14.4. The fourth-order valence-electron chi connectivity index (χ4n) is 4.35. The van der Waals surface area contributed by atoms with Crippen LogP contribution in [0.3, 0.4) is 0 Å². The van der Waals surface area contributed by atoms with E-state index in [0.29, 0.717) is 24.7 Å². The summed E-state index contributed by atoms with van der Waals surface area (Å²) in [5.41, 5.74) is 3.36. The molecule has 0 N–H and O–H groups in total. The van der Waals surface area contributed by atoms with Crippen LogP contribution in [0.1, 0.15) is 35.3 Å². The fourth-order valence-corrected chi connectivity index (χ4v) is 5.80. The molecule has 2 aliphatic heterocycles. The molecule has 2 aromatic carbocycles. The molecule has 1 saturated heterocycles. The third kappa shape index (κ3) is 3.89. The number of hydrogen-bond acceptors (Lipinski definition) is 4. The highest BCUT2D eigenvalue weighted by Gasteiger charge is 2.36. The number of sulfonamides is 1. The molecule has 30 heavy (non-hydrogen) atoms. The normalized spacial score (nSPS) is 17.6. The Morgan fingerprint density at radius 2 is 1.63 bits per heavy atom. The Morgan fingerprint density at radius 3 is 2.27 bits per heavy atom. The van der Waals surface area contributed by atoms with Gasteiger partial charge in [0, 0.05) is 50.9 Å². The number of benzene rings is 2. The summed E-state index contributed by atoms with van der Waals surface area (Å²) in [7, 11) is -3.50. The zero-order valence-electron chi connectivity index (χ0n) is 17.6. The number of nitrogens with zero attached hydrogens (tertiary/aromatic N) is 3. The van der Waals surface area contributed by atoms with Crippen LogP contribution >= 0.6 is 0 Å². The maximum atomic E-state index is 12.8. The minimum absolute atomic E-state index is 0.0320. The Balaban J connectivity index is 1.36. The molecule has 0 radical (unpaired) electrons. The van der Waals surface area contributed by atoms with E-state index in [4.69, 9.17) is 0 Å². The van der Waals surface area contributed by atoms with Gasteiger partial charge in [-0.1, -0.05) is 38.1 Å². The molecule has 160 valence electrons. The Labute approximate surface area is 179 Å². The topological polar surface area (TPSA) is 60.9 Å². The molecule has 0 spiro atoms. The van der Waals surface area contributed by atoms with Crippen LogP contribution in [-0.4, -0.2) is 67.2 Å². The van der Waals surface area contributed by atoms with Crippen molar-refractivity contribution < 1.29 is 13.2 Å². The summed E-state index contributed by atoms with van der Waals surface area (Å²) >= 11 is 0. The number of hydrogen-bond donors (Lipinski definition) is 0. The quantitative estimate of drug-likeness (QED) is 0.711. The molecule has 0 aliphatic carbocycles. The van der Waals surface area contributed by atoms with Gasteiger partial charge in [-0.2, -0.15) is 4.31 Å². The number of fused-ring (bicyclic) bond motifs is 1. The van der Waals surface area contributed by atoms with E-state index in [2.05, 4.69) is 29.2 Å². The van der Waals surface area contributed by atoms with E-state index < -0.39 is 10.0 Å². The van der Waals surface area contributed by atoms with Crippen LogP contribution in [0.4, 0.5) is 0 Å². The zero-order chi connectivity index (χ0) is 21.3. The molecule has 6 nitrogen and oxygen atoms in total. The van der Waals surface area contributed by atoms with Crippen molar-refractivity contribution in [1.82, 2.24) is 14.1 Å². The third-order valence-electron chi connectivity index (χ3n) is 6.27. The second kappa shape index (κ2) is 8.49. The lowest BCUT2D eigenvalue weighted by Crippen LogP contribution is -2.61. The largest absolute Gasteiger partial charge is 0.335 e. The first-order valence-corrected chi connectivity index (χ1v) is 12.1. The van der Waals surface area contributed by atoms with Gasteiger partial charge in [-0.3, -0.25) is 9.69 Å². The maximum Gasteiger partial charge on any atom is 0.253 e. The van der Waals surface area contributed by atoms with Crippen molar-refractivity contribution >= 4 is 15.9 Å². The van der Waals surface area contributed by atoms with Crippen LogP contribution in [0.5, 0.6) is 0 Å². The second-order valence-electron chi connectivity index (χ2n) is 7.97. The number of rotatable bonds is 6. The summed E-state index contributed by atoms with van der Waals surface area (Å²) in [6.07, 6.45) is 1.06. The highest BCUT2D eigenvalue weighted by molar-refractivity contribution is 7.89. The van der Waals surface area contributed by atoms with Gasteiger partial charge < -0.3 is 4.90 Å². The third-order valence-corrected chi connectivity index (χ3v) is 8.33. The SMILES string of the molecule is CCN(CC)S(=O)(=O)c1ccc(C(=O)N2CC(N3CCc4ccccc4C3)C2)cc1. The van der Waals surface area contributed by atoms with Gasteiger partial charge in [-0.05, 0) is 41.8 Å². The van der Waals surface area contributed by atoms with Crippen LogP contribution in [0.2, 0.25) is 0 Å². The number of carbonyl (C=O) groups excluding carboxylic acids is 1. The smallest absolute Gasteiger partial charge is 0.253 e. The van der Waals surface area contributed by atoms with Gasteiger partial charge in [0.1, 0.15) is 0 Å². The van der Waals surface area contributed by atoms with E-state index in [1.807, 2.05) is 18.7 Å². The highest BCUT2D eigenvalue weighted by atomic mass is 32.2. The van der Waals surface area contributed by atoms with E-state index in [1.165, 1.54) is 15.4 Å². The maximum absolute atomic E-state index is 12.8. The van der Waals surface area contributed by atoms with E-state index in [0.717, 1.165) is 32.6 Å². The van der Waals surface area contributed by atoms with Gasteiger partial charge in [0.05, 0.1) is 4.90 Å². The van der Waals surface area contributed by atoms with Crippen molar-refractivity contribution in [3.05, 3.63) is 65.2 Å². The zero-order valence-corrected chi connectivity index (χ0v) is 18.4. The van der Waals surface area contributed by atoms with Crippen LogP contribution in [0, 0.1) is 0 Å². The number of carbonyl (C=O) groups is 1. The lowest BCUT2D eigenvalue weighted by atomic mass is 9.96. The highest BCUT2D eigenvalue weighted by Crippen LogP contribution is 2.25. The molecule has 2 aromatic rings. The van der Waals surface area contributed by atoms with Crippen molar-refractivity contribution in [3.8, 4) is 0 Å². The second-order valence-corrected chi connectivity index (χ2v) is 9.90. The van der Waals surface area contributed by atoms with Crippen molar-refractivity contribution in [1.29, 1.82) is 0 Å². The molecule has 4 rings (SSSR count). The summed E-state index contributed by atoms with van der Waals surface area (Å²) in [5.74, 6) is -0.0320. The van der Waals surface area contributed by atoms with Crippen molar-refractivity contribution in [2.24, 2.45) is 0 Å². The molecule has 7 heteroatoms. The van der Waals surface area contributed by atoms with Crippen LogP contribution in [-0.2, 0) is 23.0 Å². The van der Waals surface area contributed by atoms with Crippen LogP contribution < -0.4 is 0 Å². The fraction of sp³-hybridized carbons (Fsp3) is 0.435. The van der Waals surface area contributed by atoms with Gasteiger partial charge in [-0.25, -0.2) is 8.42 Å². The Hall–Kier alpha value is -2.22. The van der Waals surface area contributed by atoms with Crippen molar-refractivity contribution in [2.75, 3.05) is 32.7 Å². The first kappa shape index (κ1) is 21.0. The Morgan fingerprint density at radius 1 is 1.00 bits per heavy atom. The summed E-state index contributed by atoms with van der Waals surface area (Å²) < 4.78 is 26.6. The minimum Gasteiger partial charge on any atom is -0.335 e. The van der Waals surface area contributed by atoms with Gasteiger partial charge in [0.15, 0.2) is 0 Å². The average Bonchev–Trinajstić information content (AvgIpc) is 2.73. The first-order valence-electron chi connectivity index (χ1n) is 10.6. The molecule has 1 amide bonds. The molecular formula is C23H29N3O3S. The minimum atomic E-state index is -3.50. The number of likely N-dealkylation sites (tertiary alicyclic amines) is 1. The molecule has 0 saturated carbocycles. The molecule has 0 unspecified atom stereocenters. The summed E-state index contributed by atoms with van der Waals surface area (Å²) in [4.78, 5) is 17.4. The monoisotopic (exact) mass is 427 g/mol. The number of amides is 1. The summed E-state index contributed by atoms with van der Waals surface area (Å²) in [6, 6.07) is 15.3. The summed E-state index contributed by atoms with van der Waals surface area (Å²) in [6.45, 7) is 7.91. The van der Waals surface area contributed by atoms with Crippen LogP contribution in [0.25, 0.3) is 0 Å². The Kier molecular flexibility index (Phi) is 5.95. The molecule has 1 fully saturated rings. The summed E-state index contributed by atoms with van der Waals surface area (Å²) in [5, 5.41) is 0. The molecule has 0 aromatic heterocycles. The standard InChI is InChI=1S/C23H29N3O3S/c1-3-26(4-2)30(28,29)22-11-9-19(10-12-22)23(27)25-16-21(17-25)24-14-13-18-7-5-6-8-20(18)15-24/h5-12,21H,3-4,13-17H2,1-2H3. The van der Waals surface area contributed by atoms with Gasteiger partial charge in [0.25, 0.3) is 5.91 Å². The lowest BCUT2D eigenvalue weighted by Gasteiger charge is -2.47. The molecule has 2 aliphatic rings. The molecule has 2 heterocycles. The van der Waals surface area contributed by atoms with E-state index >= 15 is 0 Å². The van der Waals surface area contributed by atoms with E-state index in [9.17, 15) is 13.2 Å². The van der Waals surface area contributed by atoms with Gasteiger partial charge >= 0.3 is 0 Å².